The number of imidazole rings is 1. The number of urea groups is 1. The Kier molecular flexibility index (Phi) is 10.8. The fourth-order valence-corrected chi connectivity index (χ4v) is 4.11. The van der Waals surface area contributed by atoms with Crippen molar-refractivity contribution >= 4 is 63.8 Å². The first-order chi connectivity index (χ1) is 16.4. The Morgan fingerprint density at radius 3 is 2.62 bits per heavy atom. The van der Waals surface area contributed by atoms with Crippen LogP contribution in [0.2, 0.25) is 10.0 Å². The molecule has 3 rings (SSSR count). The molecule has 11 heteroatoms. The number of nitrogens with zero attached hydrogens (tertiary/aromatic N) is 4. The van der Waals surface area contributed by atoms with Gasteiger partial charge in [0, 0.05) is 48.7 Å². The van der Waals surface area contributed by atoms with E-state index in [1.54, 1.807) is 24.8 Å². The summed E-state index contributed by atoms with van der Waals surface area (Å²) >= 11 is 20.0. The van der Waals surface area contributed by atoms with Gasteiger partial charge in [-0.3, -0.25) is 4.31 Å². The third-order valence-electron chi connectivity index (χ3n) is 5.13. The van der Waals surface area contributed by atoms with Crippen LogP contribution in [0.25, 0.3) is 0 Å². The third kappa shape index (κ3) is 8.69. The number of hydrogen-bond acceptors (Lipinski definition) is 5. The number of carbonyl (C=O) groups excluding carboxylic acids is 1. The number of nitrogens with one attached hydrogen (secondary N) is 2. The number of aromatic amines is 1. The number of carbonyl (C=O) groups is 1. The van der Waals surface area contributed by atoms with Crippen molar-refractivity contribution < 1.29 is 4.79 Å². The van der Waals surface area contributed by atoms with Crippen LogP contribution in [0.15, 0.2) is 53.5 Å². The van der Waals surface area contributed by atoms with Crippen molar-refractivity contribution in [1.82, 2.24) is 24.6 Å². The maximum atomic E-state index is 12.3. The van der Waals surface area contributed by atoms with Crippen LogP contribution < -0.4 is 10.2 Å². The van der Waals surface area contributed by atoms with Crippen LogP contribution in [-0.4, -0.2) is 44.9 Å². The van der Waals surface area contributed by atoms with Crippen LogP contribution in [0.1, 0.15) is 30.5 Å². The van der Waals surface area contributed by atoms with E-state index in [0.717, 1.165) is 53.8 Å². The molecule has 0 aliphatic rings. The molecule has 0 unspecified atom stereocenters. The minimum Gasteiger partial charge on any atom is -0.352 e. The molecule has 0 saturated heterocycles. The van der Waals surface area contributed by atoms with Crippen molar-refractivity contribution in [3.8, 4) is 0 Å². The van der Waals surface area contributed by atoms with E-state index in [1.165, 1.54) is 4.31 Å². The van der Waals surface area contributed by atoms with E-state index in [9.17, 15) is 4.79 Å². The van der Waals surface area contributed by atoms with Crippen LogP contribution in [0, 0.1) is 0 Å². The summed E-state index contributed by atoms with van der Waals surface area (Å²) in [5.41, 5.74) is 2.10. The number of unbranched alkanes of at least 4 members (excludes halogenated alkanes) is 1. The van der Waals surface area contributed by atoms with E-state index < -0.39 is 0 Å². The van der Waals surface area contributed by atoms with Gasteiger partial charge >= 0.3 is 6.03 Å². The zero-order valence-corrected chi connectivity index (χ0v) is 22.5. The first kappa shape index (κ1) is 26.7. The number of H-pyrrole nitrogens is 1. The van der Waals surface area contributed by atoms with Crippen LogP contribution >= 0.6 is 51.9 Å². The third-order valence-corrected chi connectivity index (χ3v) is 6.72. The summed E-state index contributed by atoms with van der Waals surface area (Å²) in [6.45, 7) is 2.54. The number of pyridine rings is 1. The van der Waals surface area contributed by atoms with Crippen molar-refractivity contribution in [2.75, 3.05) is 24.5 Å². The van der Waals surface area contributed by atoms with Crippen molar-refractivity contribution in [1.29, 1.82) is 0 Å². The summed E-state index contributed by atoms with van der Waals surface area (Å²) in [5.74, 6) is 0.868. The Balaban J connectivity index is 1.45. The molecule has 0 aliphatic heterocycles. The molecule has 2 amide bonds. The first-order valence-corrected chi connectivity index (χ1v) is 12.9. The Bertz CT molecular complexity index is 1040. The van der Waals surface area contributed by atoms with Crippen LogP contribution in [0.3, 0.4) is 0 Å². The van der Waals surface area contributed by atoms with Crippen LogP contribution in [0.5, 0.6) is 0 Å². The SMILES string of the molecule is O=C(NCCCc1cnc[nH]1)N(S)CCCCN(Cc1ccc(Cl)c(Cl)c1)c1ccc(Br)cn1. The second-order valence-electron chi connectivity index (χ2n) is 7.75. The zero-order chi connectivity index (χ0) is 24.3. The standard InChI is InChI=1S/C23H27BrCl2N6OS/c24-18-6-8-22(29-13-18)31(15-17-5-7-20(25)21(26)12-17)10-1-2-11-32(34)23(33)28-9-3-4-19-14-27-16-30-19/h5-8,12-14,16,34H,1-4,9-11,15H2,(H,27,30)(H,28,33). The van der Waals surface area contributed by atoms with Gasteiger partial charge < -0.3 is 15.2 Å². The number of amides is 2. The predicted molar refractivity (Wildman–Crippen MR) is 145 cm³/mol. The second kappa shape index (κ2) is 13.8. The van der Waals surface area contributed by atoms with E-state index in [4.69, 9.17) is 23.2 Å². The maximum absolute atomic E-state index is 12.3. The highest BCUT2D eigenvalue weighted by Gasteiger charge is 2.12. The van der Waals surface area contributed by atoms with E-state index >= 15 is 0 Å². The lowest BCUT2D eigenvalue weighted by molar-refractivity contribution is 0.226. The van der Waals surface area contributed by atoms with Gasteiger partial charge in [-0.25, -0.2) is 14.8 Å². The van der Waals surface area contributed by atoms with E-state index in [2.05, 4.69) is 53.9 Å². The maximum Gasteiger partial charge on any atom is 0.327 e. The predicted octanol–water partition coefficient (Wildman–Crippen LogP) is 6.15. The summed E-state index contributed by atoms with van der Waals surface area (Å²) in [6, 6.07) is 9.40. The van der Waals surface area contributed by atoms with Crippen LogP contribution in [0.4, 0.5) is 10.6 Å². The van der Waals surface area contributed by atoms with Gasteiger partial charge in [0.05, 0.1) is 16.4 Å². The fraction of sp³-hybridized carbons (Fsp3) is 0.348. The number of thiol groups is 1. The number of anilines is 1. The molecule has 0 fully saturated rings. The summed E-state index contributed by atoms with van der Waals surface area (Å²) in [6.07, 6.45) is 8.57. The van der Waals surface area contributed by atoms with Gasteiger partial charge in [-0.2, -0.15) is 0 Å². The largest absolute Gasteiger partial charge is 0.352 e. The van der Waals surface area contributed by atoms with Crippen molar-refractivity contribution in [2.45, 2.75) is 32.2 Å². The molecular weight excluding hydrogens is 559 g/mol. The molecule has 2 N–H and O–H groups in total. The number of aromatic nitrogens is 3. The summed E-state index contributed by atoms with van der Waals surface area (Å²) in [4.78, 5) is 26.0. The van der Waals surface area contributed by atoms with Gasteiger partial charge in [0.25, 0.3) is 0 Å². The smallest absolute Gasteiger partial charge is 0.327 e. The number of aryl methyl sites for hydroxylation is 1. The Labute approximate surface area is 223 Å². The summed E-state index contributed by atoms with van der Waals surface area (Å²) in [7, 11) is 0. The molecule has 0 spiro atoms. The highest BCUT2D eigenvalue weighted by molar-refractivity contribution is 9.10. The minimum atomic E-state index is -0.185. The molecular formula is C23H27BrCl2N6OS. The summed E-state index contributed by atoms with van der Waals surface area (Å²) in [5, 5.41) is 3.96. The van der Waals surface area contributed by atoms with Gasteiger partial charge in [0.1, 0.15) is 5.82 Å². The second-order valence-corrected chi connectivity index (χ2v) is 9.96. The molecule has 0 bridgehead atoms. The molecule has 182 valence electrons. The van der Waals surface area contributed by atoms with Gasteiger partial charge in [-0.1, -0.05) is 42.1 Å². The Morgan fingerprint density at radius 2 is 1.91 bits per heavy atom. The van der Waals surface area contributed by atoms with Crippen molar-refractivity contribution in [3.63, 3.8) is 0 Å². The first-order valence-electron chi connectivity index (χ1n) is 10.9. The highest BCUT2D eigenvalue weighted by atomic mass is 79.9. The lowest BCUT2D eigenvalue weighted by Gasteiger charge is -2.25. The molecule has 0 saturated carbocycles. The zero-order valence-electron chi connectivity index (χ0n) is 18.6. The summed E-state index contributed by atoms with van der Waals surface area (Å²) < 4.78 is 2.35. The van der Waals surface area contributed by atoms with Gasteiger partial charge in [-0.15, -0.1) is 0 Å². The number of hydrogen-bond donors (Lipinski definition) is 3. The van der Waals surface area contributed by atoms with Gasteiger partial charge in [0.2, 0.25) is 0 Å². The molecule has 0 aliphatic carbocycles. The number of benzene rings is 1. The number of halogens is 3. The topological polar surface area (TPSA) is 77.2 Å². The van der Waals surface area contributed by atoms with E-state index in [-0.39, 0.29) is 6.03 Å². The van der Waals surface area contributed by atoms with Crippen molar-refractivity contribution in [2.24, 2.45) is 0 Å². The Hall–Kier alpha value is -1.94. The molecule has 2 aromatic heterocycles. The average molecular weight is 586 g/mol. The molecule has 3 aromatic rings. The Morgan fingerprint density at radius 1 is 1.09 bits per heavy atom. The van der Waals surface area contributed by atoms with E-state index in [1.807, 2.05) is 24.3 Å². The molecule has 0 radical (unpaired) electrons. The molecule has 1 aromatic carbocycles. The quantitative estimate of drug-likeness (QED) is 0.176. The molecule has 0 atom stereocenters. The van der Waals surface area contributed by atoms with Gasteiger partial charge in [-0.05, 0) is 71.4 Å². The molecule has 2 heterocycles. The van der Waals surface area contributed by atoms with Crippen LogP contribution in [-0.2, 0) is 13.0 Å². The van der Waals surface area contributed by atoms with Crippen molar-refractivity contribution in [3.05, 3.63) is 74.8 Å². The number of rotatable bonds is 12. The normalized spacial score (nSPS) is 10.8. The molecule has 7 nitrogen and oxygen atoms in total. The molecule has 34 heavy (non-hydrogen) atoms. The lowest BCUT2D eigenvalue weighted by Crippen LogP contribution is -2.35. The average Bonchev–Trinajstić information content (AvgIpc) is 3.35. The highest BCUT2D eigenvalue weighted by Crippen LogP contribution is 2.25. The minimum absolute atomic E-state index is 0.185. The van der Waals surface area contributed by atoms with E-state index in [0.29, 0.717) is 29.7 Å². The fourth-order valence-electron chi connectivity index (χ4n) is 3.34. The lowest BCUT2D eigenvalue weighted by atomic mass is 10.2. The monoisotopic (exact) mass is 584 g/mol. The van der Waals surface area contributed by atoms with Gasteiger partial charge in [0.15, 0.2) is 0 Å².